The number of H-pyrrole nitrogens is 1. The Morgan fingerprint density at radius 1 is 1.65 bits per heavy atom. The lowest BCUT2D eigenvalue weighted by Crippen LogP contribution is -2.33. The molecule has 0 amide bonds. The normalized spacial score (nSPS) is 28.5. The van der Waals surface area contributed by atoms with E-state index in [1.807, 2.05) is 0 Å². The van der Waals surface area contributed by atoms with E-state index in [1.165, 1.54) is 10.8 Å². The molecule has 6 nitrogen and oxygen atoms in total. The third-order valence-electron chi connectivity index (χ3n) is 2.80. The molecule has 1 saturated heterocycles. The van der Waals surface area contributed by atoms with Gasteiger partial charge in [-0.1, -0.05) is 22.6 Å². The van der Waals surface area contributed by atoms with Crippen LogP contribution < -0.4 is 11.2 Å². The lowest BCUT2D eigenvalue weighted by molar-refractivity contribution is -0.0232. The van der Waals surface area contributed by atoms with Crippen molar-refractivity contribution >= 4 is 22.6 Å². The average Bonchev–Trinajstić information content (AvgIpc) is 2.65. The predicted molar refractivity (Wildman–Crippen MR) is 69.5 cm³/mol. The molecule has 2 N–H and O–H groups in total. The quantitative estimate of drug-likeness (QED) is 0.577. The maximum Gasteiger partial charge on any atom is 0.330 e. The van der Waals surface area contributed by atoms with Gasteiger partial charge in [0.15, 0.2) is 0 Å². The minimum Gasteiger partial charge on any atom is -0.394 e. The Balaban J connectivity index is 2.34. The van der Waals surface area contributed by atoms with E-state index < -0.39 is 11.9 Å². The molecule has 0 spiro atoms. The zero-order chi connectivity index (χ0) is 12.6. The Morgan fingerprint density at radius 2 is 2.35 bits per heavy atom. The van der Waals surface area contributed by atoms with Crippen LogP contribution in [0.15, 0.2) is 15.8 Å². The fourth-order valence-electron chi connectivity index (χ4n) is 1.82. The second-order valence-electron chi connectivity index (χ2n) is 4.04. The van der Waals surface area contributed by atoms with E-state index in [9.17, 15) is 9.59 Å². The van der Waals surface area contributed by atoms with Crippen molar-refractivity contribution in [1.29, 1.82) is 0 Å². The van der Waals surface area contributed by atoms with Gasteiger partial charge < -0.3 is 9.84 Å². The summed E-state index contributed by atoms with van der Waals surface area (Å²) in [5, 5.41) is 9.09. The summed E-state index contributed by atoms with van der Waals surface area (Å²) in [6.07, 6.45) is 1.45. The molecular formula is C10H13IN2O4. The molecule has 1 aromatic heterocycles. The second kappa shape index (κ2) is 4.91. The van der Waals surface area contributed by atoms with E-state index in [1.54, 1.807) is 6.92 Å². The standard InChI is InChI=1S/C10H13IN2O4/c1-5-3-13(10(16)12-9(5)15)8-2-6(11)7(4-14)17-8/h3,6-8,14H,2,4H2,1H3,(H,12,15,16)/t6-,7+,8+/m0/s1. The molecule has 1 aromatic rings. The maximum atomic E-state index is 11.6. The number of hydrogen-bond donors (Lipinski definition) is 2. The van der Waals surface area contributed by atoms with E-state index in [0.717, 1.165) is 0 Å². The van der Waals surface area contributed by atoms with Gasteiger partial charge in [-0.3, -0.25) is 14.3 Å². The van der Waals surface area contributed by atoms with E-state index >= 15 is 0 Å². The number of aromatic nitrogens is 2. The highest BCUT2D eigenvalue weighted by atomic mass is 127. The molecule has 0 aromatic carbocycles. The van der Waals surface area contributed by atoms with E-state index in [0.29, 0.717) is 12.0 Å². The SMILES string of the molecule is Cc1cn([C@H]2C[C@H](I)[C@@H](CO)O2)c(=O)[nH]c1=O. The third-order valence-corrected chi connectivity index (χ3v) is 4.11. The third kappa shape index (κ3) is 2.45. The number of aliphatic hydroxyl groups excluding tert-OH is 1. The van der Waals surface area contributed by atoms with Gasteiger partial charge in [-0.15, -0.1) is 0 Å². The van der Waals surface area contributed by atoms with Gasteiger partial charge in [-0.2, -0.15) is 0 Å². The minimum absolute atomic E-state index is 0.0683. The van der Waals surface area contributed by atoms with Gasteiger partial charge in [-0.05, 0) is 6.92 Å². The van der Waals surface area contributed by atoms with Crippen LogP contribution in [0.1, 0.15) is 18.2 Å². The van der Waals surface area contributed by atoms with Crippen molar-refractivity contribution in [2.75, 3.05) is 6.61 Å². The van der Waals surface area contributed by atoms with Gasteiger partial charge in [0.2, 0.25) is 0 Å². The number of nitrogens with one attached hydrogen (secondary N) is 1. The first-order chi connectivity index (χ1) is 8.02. The number of rotatable bonds is 2. The first kappa shape index (κ1) is 12.8. The molecule has 7 heteroatoms. The van der Waals surface area contributed by atoms with E-state index in [2.05, 4.69) is 27.6 Å². The summed E-state index contributed by atoms with van der Waals surface area (Å²) in [4.78, 5) is 25.1. The molecule has 0 radical (unpaired) electrons. The predicted octanol–water partition coefficient (Wildman–Crippen LogP) is -0.0716. The van der Waals surface area contributed by atoms with Gasteiger partial charge >= 0.3 is 5.69 Å². The Bertz CT molecular complexity index is 524. The van der Waals surface area contributed by atoms with E-state index in [-0.39, 0.29) is 22.2 Å². The summed E-state index contributed by atoms with van der Waals surface area (Å²) in [6.45, 7) is 1.57. The number of alkyl halides is 1. The molecule has 0 saturated carbocycles. The van der Waals surface area contributed by atoms with Crippen molar-refractivity contribution in [2.45, 2.75) is 29.6 Å². The van der Waals surface area contributed by atoms with Crippen molar-refractivity contribution in [3.63, 3.8) is 0 Å². The van der Waals surface area contributed by atoms with Gasteiger partial charge in [-0.25, -0.2) is 4.79 Å². The zero-order valence-electron chi connectivity index (χ0n) is 9.22. The highest BCUT2D eigenvalue weighted by Crippen LogP contribution is 2.32. The number of halogens is 1. The fourth-order valence-corrected chi connectivity index (χ4v) is 2.66. The molecule has 1 aliphatic heterocycles. The summed E-state index contributed by atoms with van der Waals surface area (Å²) >= 11 is 2.19. The van der Waals surface area contributed by atoms with Crippen molar-refractivity contribution in [3.05, 3.63) is 32.6 Å². The Morgan fingerprint density at radius 3 is 2.94 bits per heavy atom. The number of hydrogen-bond acceptors (Lipinski definition) is 4. The molecular weight excluding hydrogens is 339 g/mol. The molecule has 1 fully saturated rings. The lowest BCUT2D eigenvalue weighted by atomic mass is 10.2. The maximum absolute atomic E-state index is 11.6. The molecule has 3 atom stereocenters. The van der Waals surface area contributed by atoms with Crippen LogP contribution in [0.2, 0.25) is 0 Å². The molecule has 1 aliphatic rings. The molecule has 2 heterocycles. The Hall–Kier alpha value is -0.670. The van der Waals surface area contributed by atoms with Crippen LogP contribution in [0.3, 0.4) is 0 Å². The van der Waals surface area contributed by atoms with Gasteiger partial charge in [0.05, 0.1) is 12.7 Å². The van der Waals surface area contributed by atoms with Crippen molar-refractivity contribution in [2.24, 2.45) is 0 Å². The monoisotopic (exact) mass is 352 g/mol. The van der Waals surface area contributed by atoms with Gasteiger partial charge in [0.25, 0.3) is 5.56 Å². The Kier molecular flexibility index (Phi) is 3.69. The molecule has 0 unspecified atom stereocenters. The highest BCUT2D eigenvalue weighted by molar-refractivity contribution is 14.1. The highest BCUT2D eigenvalue weighted by Gasteiger charge is 2.34. The lowest BCUT2D eigenvalue weighted by Gasteiger charge is -2.14. The largest absolute Gasteiger partial charge is 0.394 e. The minimum atomic E-state index is -0.479. The summed E-state index contributed by atoms with van der Waals surface area (Å²) in [5.74, 6) is 0. The number of ether oxygens (including phenoxy) is 1. The molecule has 2 rings (SSSR count). The van der Waals surface area contributed by atoms with Crippen LogP contribution >= 0.6 is 22.6 Å². The number of aromatic amines is 1. The van der Waals surface area contributed by atoms with Crippen LogP contribution in [0.4, 0.5) is 0 Å². The molecule has 94 valence electrons. The van der Waals surface area contributed by atoms with Crippen molar-refractivity contribution in [1.82, 2.24) is 9.55 Å². The Labute approximate surface area is 111 Å². The summed E-state index contributed by atoms with van der Waals surface area (Å²) in [7, 11) is 0. The van der Waals surface area contributed by atoms with Crippen LogP contribution in [0, 0.1) is 6.92 Å². The molecule has 0 bridgehead atoms. The van der Waals surface area contributed by atoms with E-state index in [4.69, 9.17) is 9.84 Å². The number of aryl methyl sites for hydroxylation is 1. The smallest absolute Gasteiger partial charge is 0.330 e. The fraction of sp³-hybridized carbons (Fsp3) is 0.600. The van der Waals surface area contributed by atoms with Crippen LogP contribution in [-0.4, -0.2) is 31.3 Å². The first-order valence-electron chi connectivity index (χ1n) is 5.25. The zero-order valence-corrected chi connectivity index (χ0v) is 11.4. The van der Waals surface area contributed by atoms with Gasteiger partial charge in [0, 0.05) is 22.1 Å². The number of nitrogens with zero attached hydrogens (tertiary/aromatic N) is 1. The summed E-state index contributed by atoms with van der Waals surface area (Å²) in [5.41, 5.74) is -0.396. The topological polar surface area (TPSA) is 84.3 Å². The van der Waals surface area contributed by atoms with Crippen molar-refractivity contribution < 1.29 is 9.84 Å². The van der Waals surface area contributed by atoms with Gasteiger partial charge in [0.1, 0.15) is 6.23 Å². The molecule has 0 aliphatic carbocycles. The molecule has 17 heavy (non-hydrogen) atoms. The van der Waals surface area contributed by atoms with Crippen LogP contribution in [0.25, 0.3) is 0 Å². The van der Waals surface area contributed by atoms with Crippen LogP contribution in [0.5, 0.6) is 0 Å². The first-order valence-corrected chi connectivity index (χ1v) is 6.50. The second-order valence-corrected chi connectivity index (χ2v) is 5.64. The summed E-state index contributed by atoms with van der Waals surface area (Å²) < 4.78 is 7.10. The summed E-state index contributed by atoms with van der Waals surface area (Å²) in [6, 6.07) is 0. The number of aliphatic hydroxyl groups is 1. The average molecular weight is 352 g/mol. The van der Waals surface area contributed by atoms with Crippen LogP contribution in [-0.2, 0) is 4.74 Å². The van der Waals surface area contributed by atoms with Crippen molar-refractivity contribution in [3.8, 4) is 0 Å².